The first-order valence-corrected chi connectivity index (χ1v) is 4.62. The monoisotopic (exact) mass is 180 g/mol. The predicted octanol–water partition coefficient (Wildman–Crippen LogP) is 0.584. The summed E-state index contributed by atoms with van der Waals surface area (Å²) in [7, 11) is 0. The molecule has 1 amide bonds. The predicted molar refractivity (Wildman–Crippen MR) is 53.1 cm³/mol. The lowest BCUT2D eigenvalue weighted by Crippen LogP contribution is -2.29. The van der Waals surface area contributed by atoms with E-state index in [2.05, 4.69) is 17.5 Å². The zero-order chi connectivity index (χ0) is 9.52. The molecule has 3 heteroatoms. The maximum Gasteiger partial charge on any atom is 0.223 e. The van der Waals surface area contributed by atoms with E-state index >= 15 is 0 Å². The van der Waals surface area contributed by atoms with Crippen LogP contribution in [-0.4, -0.2) is 19.0 Å². The second-order valence-electron chi connectivity index (χ2n) is 3.09. The number of rotatable bonds is 4. The van der Waals surface area contributed by atoms with Gasteiger partial charge in [0.05, 0.1) is 0 Å². The fraction of sp³-hybridized carbons (Fsp3) is 0.500. The van der Waals surface area contributed by atoms with Gasteiger partial charge in [-0.15, -0.1) is 0 Å². The highest BCUT2D eigenvalue weighted by Gasteiger charge is 2.17. The fourth-order valence-corrected chi connectivity index (χ4v) is 1.31. The van der Waals surface area contributed by atoms with Crippen molar-refractivity contribution in [3.63, 3.8) is 0 Å². The molecule has 0 heterocycles. The Morgan fingerprint density at radius 3 is 2.77 bits per heavy atom. The molecule has 0 atom stereocenters. The lowest BCUT2D eigenvalue weighted by Gasteiger charge is -2.07. The van der Waals surface area contributed by atoms with Gasteiger partial charge in [0.15, 0.2) is 0 Å². The maximum absolute atomic E-state index is 11.4. The highest BCUT2D eigenvalue weighted by atomic mass is 16.1. The molecule has 0 aromatic rings. The summed E-state index contributed by atoms with van der Waals surface area (Å²) < 4.78 is 0. The Hall–Kier alpha value is -1.09. The fourth-order valence-electron chi connectivity index (χ4n) is 1.31. The van der Waals surface area contributed by atoms with Crippen molar-refractivity contribution in [2.75, 3.05) is 13.1 Å². The quantitative estimate of drug-likeness (QED) is 0.622. The molecule has 0 unspecified atom stereocenters. The molecule has 0 spiro atoms. The van der Waals surface area contributed by atoms with Gasteiger partial charge in [-0.2, -0.15) is 0 Å². The summed E-state index contributed by atoms with van der Waals surface area (Å²) >= 11 is 0. The Balaban J connectivity index is 2.14. The van der Waals surface area contributed by atoms with Gasteiger partial charge < -0.3 is 11.1 Å². The van der Waals surface area contributed by atoms with Crippen molar-refractivity contribution in [3.8, 4) is 0 Å². The van der Waals surface area contributed by atoms with Crippen molar-refractivity contribution in [1.29, 1.82) is 0 Å². The Bertz CT molecular complexity index is 213. The van der Waals surface area contributed by atoms with Crippen LogP contribution in [0.25, 0.3) is 0 Å². The van der Waals surface area contributed by atoms with E-state index in [0.29, 0.717) is 13.1 Å². The molecule has 3 N–H and O–H groups in total. The van der Waals surface area contributed by atoms with Crippen LogP contribution in [-0.2, 0) is 4.79 Å². The third-order valence-electron chi connectivity index (χ3n) is 2.08. The van der Waals surface area contributed by atoms with Gasteiger partial charge in [0.1, 0.15) is 0 Å². The van der Waals surface area contributed by atoms with E-state index in [1.54, 1.807) is 0 Å². The molecule has 0 radical (unpaired) electrons. The van der Waals surface area contributed by atoms with Crippen LogP contribution < -0.4 is 11.1 Å². The summed E-state index contributed by atoms with van der Waals surface area (Å²) in [5.74, 6) is 0.304. The Morgan fingerprint density at radius 2 is 2.15 bits per heavy atom. The molecule has 1 rings (SSSR count). The van der Waals surface area contributed by atoms with Crippen LogP contribution in [0.3, 0.4) is 0 Å². The van der Waals surface area contributed by atoms with Gasteiger partial charge in [0.25, 0.3) is 0 Å². The number of nitrogens with two attached hydrogens (primary N) is 1. The standard InChI is InChI=1S/C10H16N2O/c11-7-3-4-8-12-10(13)9-5-1-2-6-9/h1-4,9H,5-8,11H2,(H,12,13)/b4-3+. The zero-order valence-electron chi connectivity index (χ0n) is 7.70. The van der Waals surface area contributed by atoms with Gasteiger partial charge in [-0.05, 0) is 12.8 Å². The zero-order valence-corrected chi connectivity index (χ0v) is 7.70. The average Bonchev–Trinajstić information content (AvgIpc) is 2.65. The van der Waals surface area contributed by atoms with Crippen LogP contribution in [0.15, 0.2) is 24.3 Å². The average molecular weight is 180 g/mol. The molecular formula is C10H16N2O. The Kier molecular flexibility index (Phi) is 4.26. The van der Waals surface area contributed by atoms with Crippen molar-refractivity contribution in [1.82, 2.24) is 5.32 Å². The highest BCUT2D eigenvalue weighted by Crippen LogP contribution is 2.17. The van der Waals surface area contributed by atoms with E-state index < -0.39 is 0 Å². The first kappa shape index (κ1) is 9.99. The Morgan fingerprint density at radius 1 is 1.46 bits per heavy atom. The molecule has 0 aromatic carbocycles. The summed E-state index contributed by atoms with van der Waals surface area (Å²) in [6.45, 7) is 1.12. The number of allylic oxidation sites excluding steroid dienone is 2. The number of carbonyl (C=O) groups is 1. The van der Waals surface area contributed by atoms with E-state index in [1.165, 1.54) is 0 Å². The molecule has 0 fully saturated rings. The summed E-state index contributed by atoms with van der Waals surface area (Å²) in [4.78, 5) is 11.4. The van der Waals surface area contributed by atoms with E-state index in [-0.39, 0.29) is 11.8 Å². The molecule has 72 valence electrons. The normalized spacial score (nSPS) is 17.0. The SMILES string of the molecule is NC/C=C/CNC(=O)C1CC=CC1. The van der Waals surface area contributed by atoms with Gasteiger partial charge >= 0.3 is 0 Å². The van der Waals surface area contributed by atoms with Crippen LogP contribution in [0, 0.1) is 5.92 Å². The maximum atomic E-state index is 11.4. The lowest BCUT2D eigenvalue weighted by atomic mass is 10.1. The number of hydrogen-bond donors (Lipinski definition) is 2. The van der Waals surface area contributed by atoms with Gasteiger partial charge in [-0.1, -0.05) is 24.3 Å². The largest absolute Gasteiger partial charge is 0.352 e. The number of hydrogen-bond acceptors (Lipinski definition) is 2. The van der Waals surface area contributed by atoms with Crippen LogP contribution in [0.5, 0.6) is 0 Å². The van der Waals surface area contributed by atoms with Crippen LogP contribution >= 0.6 is 0 Å². The molecular weight excluding hydrogens is 164 g/mol. The molecule has 3 nitrogen and oxygen atoms in total. The van der Waals surface area contributed by atoms with Crippen LogP contribution in [0.2, 0.25) is 0 Å². The molecule has 0 saturated carbocycles. The first-order valence-electron chi connectivity index (χ1n) is 4.62. The number of nitrogens with one attached hydrogen (secondary N) is 1. The number of carbonyl (C=O) groups excluding carboxylic acids is 1. The topological polar surface area (TPSA) is 55.1 Å². The molecule has 13 heavy (non-hydrogen) atoms. The van der Waals surface area contributed by atoms with Gasteiger partial charge in [0, 0.05) is 19.0 Å². The molecule has 0 aromatic heterocycles. The van der Waals surface area contributed by atoms with Crippen molar-refractivity contribution in [3.05, 3.63) is 24.3 Å². The van der Waals surface area contributed by atoms with E-state index in [1.807, 2.05) is 12.2 Å². The number of amides is 1. The van der Waals surface area contributed by atoms with Gasteiger partial charge in [-0.3, -0.25) is 4.79 Å². The third-order valence-corrected chi connectivity index (χ3v) is 2.08. The Labute approximate surface area is 78.7 Å². The molecule has 1 aliphatic carbocycles. The van der Waals surface area contributed by atoms with Crippen molar-refractivity contribution >= 4 is 5.91 Å². The minimum absolute atomic E-state index is 0.145. The summed E-state index contributed by atoms with van der Waals surface area (Å²) in [6.07, 6.45) is 9.59. The van der Waals surface area contributed by atoms with Crippen molar-refractivity contribution < 1.29 is 4.79 Å². The van der Waals surface area contributed by atoms with E-state index in [0.717, 1.165) is 12.8 Å². The van der Waals surface area contributed by atoms with Crippen molar-refractivity contribution in [2.45, 2.75) is 12.8 Å². The first-order chi connectivity index (χ1) is 6.34. The molecule has 0 aliphatic heterocycles. The van der Waals surface area contributed by atoms with E-state index in [9.17, 15) is 4.79 Å². The minimum atomic E-state index is 0.145. The van der Waals surface area contributed by atoms with Gasteiger partial charge in [-0.25, -0.2) is 0 Å². The highest BCUT2D eigenvalue weighted by molar-refractivity contribution is 5.79. The molecule has 1 aliphatic rings. The van der Waals surface area contributed by atoms with E-state index in [4.69, 9.17) is 5.73 Å². The summed E-state index contributed by atoms with van der Waals surface area (Å²) in [5.41, 5.74) is 5.26. The summed E-state index contributed by atoms with van der Waals surface area (Å²) in [5, 5.41) is 2.84. The van der Waals surface area contributed by atoms with Crippen molar-refractivity contribution in [2.24, 2.45) is 11.7 Å². The second-order valence-corrected chi connectivity index (χ2v) is 3.09. The molecule has 0 saturated heterocycles. The lowest BCUT2D eigenvalue weighted by molar-refractivity contribution is -0.124. The summed E-state index contributed by atoms with van der Waals surface area (Å²) in [6, 6.07) is 0. The minimum Gasteiger partial charge on any atom is -0.352 e. The third kappa shape index (κ3) is 3.42. The smallest absolute Gasteiger partial charge is 0.223 e. The second kappa shape index (κ2) is 5.54. The molecule has 0 bridgehead atoms. The van der Waals surface area contributed by atoms with Crippen LogP contribution in [0.1, 0.15) is 12.8 Å². The van der Waals surface area contributed by atoms with Crippen LogP contribution in [0.4, 0.5) is 0 Å². The van der Waals surface area contributed by atoms with Gasteiger partial charge in [0.2, 0.25) is 5.91 Å².